The van der Waals surface area contributed by atoms with Crippen LogP contribution in [-0.2, 0) is 12.6 Å². The summed E-state index contributed by atoms with van der Waals surface area (Å²) in [5, 5.41) is 3.30. The fourth-order valence-electron chi connectivity index (χ4n) is 2.02. The van der Waals surface area contributed by atoms with Crippen molar-refractivity contribution in [3.63, 3.8) is 0 Å². The average molecular weight is 298 g/mol. The van der Waals surface area contributed by atoms with Crippen LogP contribution in [-0.4, -0.2) is 11.5 Å². The molecule has 6 heteroatoms. The summed E-state index contributed by atoms with van der Waals surface area (Å²) in [7, 11) is 0. The van der Waals surface area contributed by atoms with Gasteiger partial charge in [0.15, 0.2) is 0 Å². The summed E-state index contributed by atoms with van der Waals surface area (Å²) >= 11 is 0. The predicted octanol–water partition coefficient (Wildman–Crippen LogP) is 3.98. The molecule has 0 aliphatic rings. The molecule has 0 amide bonds. The number of furan rings is 1. The number of alkyl halides is 3. The number of rotatable bonds is 6. The summed E-state index contributed by atoms with van der Waals surface area (Å²) in [5.74, 6) is 0. The number of aromatic nitrogens is 1. The molecule has 0 saturated carbocycles. The van der Waals surface area contributed by atoms with E-state index in [1.807, 2.05) is 13.0 Å². The first-order chi connectivity index (χ1) is 10.0. The molecule has 0 aliphatic heterocycles. The number of nitrogens with one attached hydrogen (secondary N) is 1. The molecule has 21 heavy (non-hydrogen) atoms. The smallest absolute Gasteiger partial charge is 0.417 e. The van der Waals surface area contributed by atoms with Gasteiger partial charge in [0, 0.05) is 6.20 Å². The van der Waals surface area contributed by atoms with Gasteiger partial charge in [-0.25, -0.2) is 0 Å². The van der Waals surface area contributed by atoms with E-state index in [4.69, 9.17) is 4.42 Å². The second-order valence-corrected chi connectivity index (χ2v) is 4.81. The van der Waals surface area contributed by atoms with Gasteiger partial charge in [0.1, 0.15) is 0 Å². The zero-order valence-corrected chi connectivity index (χ0v) is 11.7. The van der Waals surface area contributed by atoms with Gasteiger partial charge in [-0.1, -0.05) is 6.92 Å². The van der Waals surface area contributed by atoms with Crippen LogP contribution in [0.3, 0.4) is 0 Å². The number of hydrogen-bond donors (Lipinski definition) is 1. The Morgan fingerprint density at radius 2 is 2.10 bits per heavy atom. The van der Waals surface area contributed by atoms with Gasteiger partial charge < -0.3 is 9.73 Å². The van der Waals surface area contributed by atoms with Crippen LogP contribution in [0.2, 0.25) is 0 Å². The maximum Gasteiger partial charge on any atom is 0.417 e. The van der Waals surface area contributed by atoms with Crippen molar-refractivity contribution in [2.75, 3.05) is 6.54 Å². The van der Waals surface area contributed by atoms with Crippen molar-refractivity contribution < 1.29 is 17.6 Å². The molecule has 1 unspecified atom stereocenters. The monoisotopic (exact) mass is 298 g/mol. The highest BCUT2D eigenvalue weighted by atomic mass is 19.4. The number of pyridine rings is 1. The Labute approximate surface area is 121 Å². The lowest BCUT2D eigenvalue weighted by molar-refractivity contribution is -0.137. The Morgan fingerprint density at radius 1 is 1.29 bits per heavy atom. The van der Waals surface area contributed by atoms with Gasteiger partial charge in [-0.05, 0) is 43.1 Å². The molecule has 1 atom stereocenters. The fraction of sp³-hybridized carbons (Fsp3) is 0.400. The molecule has 2 heterocycles. The number of hydrogen-bond acceptors (Lipinski definition) is 3. The zero-order valence-electron chi connectivity index (χ0n) is 11.7. The second-order valence-electron chi connectivity index (χ2n) is 4.81. The summed E-state index contributed by atoms with van der Waals surface area (Å²) in [5.41, 5.74) is 0.840. The largest absolute Gasteiger partial charge is 0.472 e. The minimum atomic E-state index is -4.36. The first-order valence-corrected chi connectivity index (χ1v) is 6.78. The Kier molecular flexibility index (Phi) is 5.01. The molecule has 0 saturated heterocycles. The van der Waals surface area contributed by atoms with Crippen LogP contribution in [0.5, 0.6) is 0 Å². The van der Waals surface area contributed by atoms with Gasteiger partial charge >= 0.3 is 6.18 Å². The van der Waals surface area contributed by atoms with Crippen LogP contribution in [0.1, 0.15) is 36.2 Å². The van der Waals surface area contributed by atoms with Crippen molar-refractivity contribution in [2.24, 2.45) is 0 Å². The van der Waals surface area contributed by atoms with Crippen LogP contribution < -0.4 is 5.32 Å². The molecule has 0 bridgehead atoms. The summed E-state index contributed by atoms with van der Waals surface area (Å²) in [6.45, 7) is 2.80. The standard InChI is InChI=1S/C15H17F3N2O/c1-2-6-19-14(8-11-5-7-21-10-11)13-4-3-12(9-20-13)15(16,17)18/h3-5,7,9-10,14,19H,2,6,8H2,1H3. The Hall–Kier alpha value is -1.82. The van der Waals surface area contributed by atoms with Crippen molar-refractivity contribution in [2.45, 2.75) is 32.0 Å². The van der Waals surface area contributed by atoms with Gasteiger partial charge in [0.25, 0.3) is 0 Å². The minimum Gasteiger partial charge on any atom is -0.472 e. The molecule has 0 fully saturated rings. The molecule has 2 aromatic rings. The van der Waals surface area contributed by atoms with Gasteiger partial charge in [-0.2, -0.15) is 13.2 Å². The van der Waals surface area contributed by atoms with Crippen LogP contribution in [0.15, 0.2) is 41.3 Å². The molecule has 0 radical (unpaired) electrons. The van der Waals surface area contributed by atoms with Gasteiger partial charge in [0.05, 0.1) is 29.8 Å². The lowest BCUT2D eigenvalue weighted by Gasteiger charge is -2.18. The normalized spacial score (nSPS) is 13.3. The highest BCUT2D eigenvalue weighted by Gasteiger charge is 2.31. The van der Waals surface area contributed by atoms with Gasteiger partial charge in [-0.3, -0.25) is 4.98 Å². The third kappa shape index (κ3) is 4.32. The average Bonchev–Trinajstić information content (AvgIpc) is 2.95. The van der Waals surface area contributed by atoms with Crippen molar-refractivity contribution in [3.05, 3.63) is 53.7 Å². The van der Waals surface area contributed by atoms with E-state index in [1.54, 1.807) is 12.5 Å². The lowest BCUT2D eigenvalue weighted by atomic mass is 10.0. The number of nitrogens with zero attached hydrogens (tertiary/aromatic N) is 1. The van der Waals surface area contributed by atoms with E-state index in [2.05, 4.69) is 10.3 Å². The zero-order chi connectivity index (χ0) is 15.3. The maximum absolute atomic E-state index is 12.6. The fourth-order valence-corrected chi connectivity index (χ4v) is 2.02. The van der Waals surface area contributed by atoms with E-state index in [-0.39, 0.29) is 6.04 Å². The van der Waals surface area contributed by atoms with Crippen LogP contribution in [0, 0.1) is 0 Å². The molecule has 3 nitrogen and oxygen atoms in total. The topological polar surface area (TPSA) is 38.1 Å². The van der Waals surface area contributed by atoms with Gasteiger partial charge in [0.2, 0.25) is 0 Å². The summed E-state index contributed by atoms with van der Waals surface area (Å²) < 4.78 is 42.7. The Morgan fingerprint density at radius 3 is 2.62 bits per heavy atom. The molecule has 114 valence electrons. The molecular formula is C15H17F3N2O. The molecule has 2 rings (SSSR count). The minimum absolute atomic E-state index is 0.134. The Bertz CT molecular complexity index is 535. The first kappa shape index (κ1) is 15.6. The van der Waals surface area contributed by atoms with Crippen molar-refractivity contribution in [1.82, 2.24) is 10.3 Å². The van der Waals surface area contributed by atoms with E-state index in [9.17, 15) is 13.2 Å². The van der Waals surface area contributed by atoms with E-state index >= 15 is 0 Å². The van der Waals surface area contributed by atoms with Crippen molar-refractivity contribution >= 4 is 0 Å². The van der Waals surface area contributed by atoms with E-state index in [1.165, 1.54) is 6.07 Å². The highest BCUT2D eigenvalue weighted by Crippen LogP contribution is 2.29. The molecule has 0 aliphatic carbocycles. The van der Waals surface area contributed by atoms with E-state index in [0.29, 0.717) is 12.1 Å². The number of halogens is 3. The SMILES string of the molecule is CCCNC(Cc1ccoc1)c1ccc(C(F)(F)F)cn1. The van der Waals surface area contributed by atoms with E-state index < -0.39 is 11.7 Å². The molecule has 2 aromatic heterocycles. The van der Waals surface area contributed by atoms with Crippen LogP contribution >= 0.6 is 0 Å². The molecule has 0 spiro atoms. The third-order valence-corrected chi connectivity index (χ3v) is 3.13. The van der Waals surface area contributed by atoms with E-state index in [0.717, 1.165) is 30.8 Å². The predicted molar refractivity (Wildman–Crippen MR) is 72.7 cm³/mol. The highest BCUT2D eigenvalue weighted by molar-refractivity contribution is 5.21. The van der Waals surface area contributed by atoms with Crippen LogP contribution in [0.25, 0.3) is 0 Å². The molecular weight excluding hydrogens is 281 g/mol. The summed E-state index contributed by atoms with van der Waals surface area (Å²) in [4.78, 5) is 3.97. The quantitative estimate of drug-likeness (QED) is 0.876. The second kappa shape index (κ2) is 6.76. The lowest BCUT2D eigenvalue weighted by Crippen LogP contribution is -2.25. The molecule has 1 N–H and O–H groups in total. The van der Waals surface area contributed by atoms with Crippen LogP contribution in [0.4, 0.5) is 13.2 Å². The maximum atomic E-state index is 12.6. The summed E-state index contributed by atoms with van der Waals surface area (Å²) in [6.07, 6.45) is 1.28. The van der Waals surface area contributed by atoms with Crippen molar-refractivity contribution in [1.29, 1.82) is 0 Å². The summed E-state index contributed by atoms with van der Waals surface area (Å²) in [6, 6.07) is 4.20. The third-order valence-electron chi connectivity index (χ3n) is 3.13. The van der Waals surface area contributed by atoms with Crippen molar-refractivity contribution in [3.8, 4) is 0 Å². The Balaban J connectivity index is 2.15. The van der Waals surface area contributed by atoms with Gasteiger partial charge in [-0.15, -0.1) is 0 Å². The molecule has 0 aromatic carbocycles. The first-order valence-electron chi connectivity index (χ1n) is 6.78.